The smallest absolute Gasteiger partial charge is 0.330 e. The van der Waals surface area contributed by atoms with Gasteiger partial charge in [-0.2, -0.15) is 0 Å². The molecule has 6 heteroatoms. The SMILES string of the molecule is COC(=O)C=Cc1cncc(N(Cc2ccc(-c3ccc(N(C)C)cc3)cc2)C(=O)C2CC3CCC2C3)c1. The van der Waals surface area contributed by atoms with Crippen LogP contribution in [0.1, 0.15) is 36.8 Å². The lowest BCUT2D eigenvalue weighted by atomic mass is 9.87. The number of ether oxygens (including phenoxy) is 1. The third-order valence-corrected chi connectivity index (χ3v) is 8.00. The maximum Gasteiger partial charge on any atom is 0.330 e. The summed E-state index contributed by atoms with van der Waals surface area (Å²) < 4.78 is 4.71. The number of nitrogens with zero attached hydrogens (tertiary/aromatic N) is 3. The van der Waals surface area contributed by atoms with Crippen molar-refractivity contribution >= 4 is 29.3 Å². The zero-order valence-corrected chi connectivity index (χ0v) is 22.3. The third kappa shape index (κ3) is 5.64. The Kier molecular flexibility index (Phi) is 7.59. The summed E-state index contributed by atoms with van der Waals surface area (Å²) in [5, 5.41) is 0. The molecule has 3 unspecified atom stereocenters. The van der Waals surface area contributed by atoms with Gasteiger partial charge in [-0.25, -0.2) is 4.79 Å². The van der Waals surface area contributed by atoms with E-state index in [1.165, 1.54) is 26.0 Å². The topological polar surface area (TPSA) is 62.7 Å². The van der Waals surface area contributed by atoms with Crippen LogP contribution in [0.25, 0.3) is 17.2 Å². The number of hydrogen-bond donors (Lipinski definition) is 0. The number of fused-ring (bicyclic) bond motifs is 2. The van der Waals surface area contributed by atoms with Gasteiger partial charge < -0.3 is 14.5 Å². The van der Waals surface area contributed by atoms with E-state index < -0.39 is 5.97 Å². The Hall–Kier alpha value is -3.93. The number of esters is 1. The van der Waals surface area contributed by atoms with E-state index in [0.29, 0.717) is 18.4 Å². The van der Waals surface area contributed by atoms with Crippen molar-refractivity contribution in [1.29, 1.82) is 0 Å². The highest BCUT2D eigenvalue weighted by Crippen LogP contribution is 2.49. The summed E-state index contributed by atoms with van der Waals surface area (Å²) in [7, 11) is 5.42. The van der Waals surface area contributed by atoms with Gasteiger partial charge in [-0.05, 0) is 77.6 Å². The van der Waals surface area contributed by atoms with Gasteiger partial charge in [0.2, 0.25) is 5.91 Å². The highest BCUT2D eigenvalue weighted by atomic mass is 16.5. The molecule has 2 fully saturated rings. The Bertz CT molecular complexity index is 1310. The second-order valence-electron chi connectivity index (χ2n) is 10.7. The molecule has 196 valence electrons. The number of methoxy groups -OCH3 is 1. The lowest BCUT2D eigenvalue weighted by Crippen LogP contribution is -2.38. The molecule has 0 radical (unpaired) electrons. The van der Waals surface area contributed by atoms with E-state index in [9.17, 15) is 9.59 Å². The minimum absolute atomic E-state index is 0.0671. The Morgan fingerprint density at radius 3 is 2.26 bits per heavy atom. The van der Waals surface area contributed by atoms with Crippen LogP contribution in [0.5, 0.6) is 0 Å². The number of carbonyl (C=O) groups excluding carboxylic acids is 2. The minimum atomic E-state index is -0.429. The molecule has 6 nitrogen and oxygen atoms in total. The maximum absolute atomic E-state index is 13.9. The zero-order valence-electron chi connectivity index (χ0n) is 22.3. The second kappa shape index (κ2) is 11.2. The van der Waals surface area contributed by atoms with Crippen LogP contribution in [-0.2, 0) is 20.9 Å². The van der Waals surface area contributed by atoms with E-state index in [4.69, 9.17) is 4.74 Å². The first-order valence-corrected chi connectivity index (χ1v) is 13.3. The van der Waals surface area contributed by atoms with Crippen molar-refractivity contribution in [1.82, 2.24) is 4.98 Å². The molecule has 2 aromatic carbocycles. The fourth-order valence-corrected chi connectivity index (χ4v) is 5.90. The van der Waals surface area contributed by atoms with Crippen LogP contribution >= 0.6 is 0 Å². The van der Waals surface area contributed by atoms with Gasteiger partial charge in [0.05, 0.1) is 25.5 Å². The molecule has 3 atom stereocenters. The molecule has 1 aromatic heterocycles. The van der Waals surface area contributed by atoms with Crippen molar-refractivity contribution in [3.63, 3.8) is 0 Å². The first-order valence-electron chi connectivity index (χ1n) is 13.3. The van der Waals surface area contributed by atoms with Crippen molar-refractivity contribution in [3.8, 4) is 11.1 Å². The van der Waals surface area contributed by atoms with Crippen LogP contribution < -0.4 is 9.80 Å². The van der Waals surface area contributed by atoms with Crippen LogP contribution in [0.3, 0.4) is 0 Å². The van der Waals surface area contributed by atoms with Gasteiger partial charge in [-0.3, -0.25) is 9.78 Å². The predicted molar refractivity (Wildman–Crippen MR) is 152 cm³/mol. The molecule has 0 aliphatic heterocycles. The number of amides is 1. The molecule has 38 heavy (non-hydrogen) atoms. The predicted octanol–water partition coefficient (Wildman–Crippen LogP) is 5.97. The van der Waals surface area contributed by atoms with Gasteiger partial charge in [0.15, 0.2) is 0 Å². The van der Waals surface area contributed by atoms with E-state index in [-0.39, 0.29) is 11.8 Å². The number of rotatable bonds is 8. The van der Waals surface area contributed by atoms with Gasteiger partial charge in [-0.1, -0.05) is 42.8 Å². The molecule has 2 aliphatic carbocycles. The van der Waals surface area contributed by atoms with Crippen LogP contribution in [0.2, 0.25) is 0 Å². The summed E-state index contributed by atoms with van der Waals surface area (Å²) in [4.78, 5) is 33.9. The molecule has 0 N–H and O–H groups in total. The van der Waals surface area contributed by atoms with Crippen LogP contribution in [0.4, 0.5) is 11.4 Å². The van der Waals surface area contributed by atoms with Crippen molar-refractivity contribution in [2.45, 2.75) is 32.2 Å². The Labute approximate surface area is 224 Å². The number of benzene rings is 2. The first kappa shape index (κ1) is 25.7. The molecule has 2 saturated carbocycles. The molecule has 0 saturated heterocycles. The van der Waals surface area contributed by atoms with Crippen molar-refractivity contribution in [2.75, 3.05) is 31.0 Å². The quantitative estimate of drug-likeness (QED) is 0.277. The standard InChI is InChI=1S/C32H35N3O3/c1-34(2)28-13-11-26(12-14-28)25-8-4-22(5-9-25)21-35(32(37)30-18-23-6-10-27(30)16-23)29-17-24(19-33-20-29)7-15-31(36)38-3/h4-5,7-9,11-15,17,19-20,23,27,30H,6,10,16,18,21H2,1-3H3. The fraction of sp³-hybridized carbons (Fsp3) is 0.344. The Balaban J connectivity index is 1.40. The second-order valence-corrected chi connectivity index (χ2v) is 10.7. The Morgan fingerprint density at radius 1 is 0.947 bits per heavy atom. The molecular weight excluding hydrogens is 474 g/mol. The number of pyridine rings is 1. The normalized spacial score (nSPS) is 20.0. The summed E-state index contributed by atoms with van der Waals surface area (Å²) in [6, 6.07) is 18.9. The summed E-state index contributed by atoms with van der Waals surface area (Å²) in [5.74, 6) is 0.981. The highest BCUT2D eigenvalue weighted by molar-refractivity contribution is 5.96. The van der Waals surface area contributed by atoms with Gasteiger partial charge in [-0.15, -0.1) is 0 Å². The molecule has 5 rings (SSSR count). The van der Waals surface area contributed by atoms with Gasteiger partial charge >= 0.3 is 5.97 Å². The molecule has 2 bridgehead atoms. The van der Waals surface area contributed by atoms with E-state index in [1.807, 2.05) is 25.1 Å². The molecule has 0 spiro atoms. The average Bonchev–Trinajstić information content (AvgIpc) is 3.59. The fourth-order valence-electron chi connectivity index (χ4n) is 5.90. The zero-order chi connectivity index (χ0) is 26.6. The summed E-state index contributed by atoms with van der Waals surface area (Å²) in [5.41, 5.74) is 6.01. The summed E-state index contributed by atoms with van der Waals surface area (Å²) in [6.07, 6.45) is 11.0. The largest absolute Gasteiger partial charge is 0.466 e. The molecule has 3 aromatic rings. The molecular formula is C32H35N3O3. The maximum atomic E-state index is 13.9. The van der Waals surface area contributed by atoms with E-state index in [0.717, 1.165) is 46.5 Å². The van der Waals surface area contributed by atoms with Gasteiger partial charge in [0, 0.05) is 38.0 Å². The van der Waals surface area contributed by atoms with Gasteiger partial charge in [0.25, 0.3) is 0 Å². The van der Waals surface area contributed by atoms with Crippen LogP contribution in [0, 0.1) is 17.8 Å². The monoisotopic (exact) mass is 509 g/mol. The lowest BCUT2D eigenvalue weighted by Gasteiger charge is -2.30. The van der Waals surface area contributed by atoms with E-state index >= 15 is 0 Å². The number of anilines is 2. The summed E-state index contributed by atoms with van der Waals surface area (Å²) >= 11 is 0. The van der Waals surface area contributed by atoms with E-state index in [2.05, 4.69) is 58.4 Å². The van der Waals surface area contributed by atoms with Crippen LogP contribution in [-0.4, -0.2) is 38.1 Å². The van der Waals surface area contributed by atoms with E-state index in [1.54, 1.807) is 18.5 Å². The van der Waals surface area contributed by atoms with Crippen molar-refractivity contribution in [2.24, 2.45) is 17.8 Å². The number of hydrogen-bond acceptors (Lipinski definition) is 5. The third-order valence-electron chi connectivity index (χ3n) is 8.00. The van der Waals surface area contributed by atoms with Crippen LogP contribution in [0.15, 0.2) is 73.1 Å². The molecule has 2 aliphatic rings. The number of aromatic nitrogens is 1. The first-order chi connectivity index (χ1) is 18.4. The lowest BCUT2D eigenvalue weighted by molar-refractivity contribution is -0.134. The highest BCUT2D eigenvalue weighted by Gasteiger charge is 2.44. The number of carbonyl (C=O) groups is 2. The molecule has 1 amide bonds. The van der Waals surface area contributed by atoms with Gasteiger partial charge in [0.1, 0.15) is 0 Å². The molecule has 1 heterocycles. The van der Waals surface area contributed by atoms with Crippen molar-refractivity contribution in [3.05, 3.63) is 84.2 Å². The minimum Gasteiger partial charge on any atom is -0.466 e. The average molecular weight is 510 g/mol. The van der Waals surface area contributed by atoms with Crippen molar-refractivity contribution < 1.29 is 14.3 Å². The Morgan fingerprint density at radius 2 is 1.66 bits per heavy atom. The summed E-state index contributed by atoms with van der Waals surface area (Å²) in [6.45, 7) is 0.471.